The summed E-state index contributed by atoms with van der Waals surface area (Å²) in [6, 6.07) is 0. The van der Waals surface area contributed by atoms with Crippen LogP contribution in [0.4, 0.5) is 0 Å². The van der Waals surface area contributed by atoms with Gasteiger partial charge in [-0.1, -0.05) is 25.2 Å². The molecule has 1 aliphatic carbocycles. The van der Waals surface area contributed by atoms with Crippen LogP contribution in [0.15, 0.2) is 36.6 Å². The minimum absolute atomic E-state index is 0.00521. The van der Waals surface area contributed by atoms with E-state index in [0.717, 1.165) is 12.1 Å². The van der Waals surface area contributed by atoms with Crippen LogP contribution in [0.25, 0.3) is 0 Å². The summed E-state index contributed by atoms with van der Waals surface area (Å²) in [6.45, 7) is 5.84. The van der Waals surface area contributed by atoms with E-state index in [0.29, 0.717) is 0 Å². The Bertz CT molecular complexity index is 201. The van der Waals surface area contributed by atoms with Gasteiger partial charge in [-0.15, -0.1) is 6.58 Å². The smallest absolute Gasteiger partial charge is 0.0281 e. The molecule has 0 saturated carbocycles. The van der Waals surface area contributed by atoms with E-state index >= 15 is 0 Å². The number of allylic oxidation sites excluding steroid dienone is 4. The van der Waals surface area contributed by atoms with E-state index in [-0.39, 0.29) is 5.41 Å². The molecule has 0 aliphatic heterocycles. The zero-order valence-electron chi connectivity index (χ0n) is 6.30. The summed E-state index contributed by atoms with van der Waals surface area (Å²) in [4.78, 5) is 0. The first kappa shape index (κ1) is 7.13. The molecule has 0 saturated heterocycles. The van der Waals surface area contributed by atoms with Gasteiger partial charge in [-0.2, -0.15) is 0 Å². The van der Waals surface area contributed by atoms with Gasteiger partial charge in [-0.05, 0) is 12.5 Å². The van der Waals surface area contributed by atoms with Crippen molar-refractivity contribution >= 4 is 0 Å². The molecule has 2 N–H and O–H groups in total. The lowest BCUT2D eigenvalue weighted by molar-refractivity contribution is 0.511. The summed E-state index contributed by atoms with van der Waals surface area (Å²) in [5.41, 5.74) is 6.66. The van der Waals surface area contributed by atoms with Gasteiger partial charge in [-0.25, -0.2) is 0 Å². The molecule has 10 heavy (non-hydrogen) atoms. The van der Waals surface area contributed by atoms with Crippen molar-refractivity contribution in [2.24, 2.45) is 11.1 Å². The van der Waals surface area contributed by atoms with E-state index in [1.807, 2.05) is 18.2 Å². The van der Waals surface area contributed by atoms with Crippen molar-refractivity contribution in [3.05, 3.63) is 36.6 Å². The van der Waals surface area contributed by atoms with Crippen molar-refractivity contribution < 1.29 is 0 Å². The maximum Gasteiger partial charge on any atom is 0.0281 e. The quantitative estimate of drug-likeness (QED) is 0.547. The normalized spacial score (nSPS) is 31.5. The first-order valence-electron chi connectivity index (χ1n) is 3.45. The van der Waals surface area contributed by atoms with Crippen LogP contribution >= 0.6 is 0 Å². The predicted molar refractivity (Wildman–Crippen MR) is 44.3 cm³/mol. The Morgan fingerprint density at radius 3 is 2.90 bits per heavy atom. The van der Waals surface area contributed by atoms with Crippen molar-refractivity contribution in [3.8, 4) is 0 Å². The second-order valence-electron chi connectivity index (χ2n) is 2.88. The third-order valence-electron chi connectivity index (χ3n) is 2.06. The SMILES string of the molecule is C=CC1(C)CC=CC=C1N. The molecule has 0 fully saturated rings. The summed E-state index contributed by atoms with van der Waals surface area (Å²) >= 11 is 0. The van der Waals surface area contributed by atoms with Gasteiger partial charge >= 0.3 is 0 Å². The molecule has 0 aromatic heterocycles. The van der Waals surface area contributed by atoms with Gasteiger partial charge in [0.2, 0.25) is 0 Å². The fraction of sp³-hybridized carbons (Fsp3) is 0.333. The molecule has 0 heterocycles. The molecular weight excluding hydrogens is 122 g/mol. The van der Waals surface area contributed by atoms with Gasteiger partial charge in [0.05, 0.1) is 0 Å². The summed E-state index contributed by atoms with van der Waals surface area (Å²) in [5.74, 6) is 0. The van der Waals surface area contributed by atoms with Crippen molar-refractivity contribution in [1.82, 2.24) is 0 Å². The van der Waals surface area contributed by atoms with E-state index in [1.54, 1.807) is 0 Å². The average molecular weight is 135 g/mol. The first-order valence-corrected chi connectivity index (χ1v) is 3.45. The van der Waals surface area contributed by atoms with Crippen molar-refractivity contribution in [2.45, 2.75) is 13.3 Å². The van der Waals surface area contributed by atoms with Crippen molar-refractivity contribution in [2.75, 3.05) is 0 Å². The Kier molecular flexibility index (Phi) is 1.66. The van der Waals surface area contributed by atoms with Gasteiger partial charge in [-0.3, -0.25) is 0 Å². The fourth-order valence-electron chi connectivity index (χ4n) is 0.994. The van der Waals surface area contributed by atoms with Crippen molar-refractivity contribution in [1.29, 1.82) is 0 Å². The minimum atomic E-state index is -0.00521. The Labute approximate surface area is 61.9 Å². The topological polar surface area (TPSA) is 26.0 Å². The lowest BCUT2D eigenvalue weighted by Crippen LogP contribution is -2.22. The van der Waals surface area contributed by atoms with Crippen LogP contribution in [0.5, 0.6) is 0 Å². The zero-order chi connectivity index (χ0) is 7.61. The number of rotatable bonds is 1. The van der Waals surface area contributed by atoms with Crippen LogP contribution in [0.3, 0.4) is 0 Å². The van der Waals surface area contributed by atoms with E-state index < -0.39 is 0 Å². The highest BCUT2D eigenvalue weighted by Gasteiger charge is 2.22. The maximum absolute atomic E-state index is 5.76. The molecule has 1 atom stereocenters. The second kappa shape index (κ2) is 2.33. The molecule has 0 radical (unpaired) electrons. The molecule has 0 bridgehead atoms. The molecule has 1 unspecified atom stereocenters. The third-order valence-corrected chi connectivity index (χ3v) is 2.06. The number of hydrogen-bond donors (Lipinski definition) is 1. The molecule has 54 valence electrons. The Morgan fingerprint density at radius 2 is 2.50 bits per heavy atom. The Morgan fingerprint density at radius 1 is 1.80 bits per heavy atom. The third kappa shape index (κ3) is 0.991. The summed E-state index contributed by atoms with van der Waals surface area (Å²) in [6.07, 6.45) is 8.91. The van der Waals surface area contributed by atoms with E-state index in [1.165, 1.54) is 0 Å². The van der Waals surface area contributed by atoms with Crippen LogP contribution in [-0.4, -0.2) is 0 Å². The lowest BCUT2D eigenvalue weighted by atomic mass is 9.81. The molecule has 0 aromatic rings. The van der Waals surface area contributed by atoms with Crippen LogP contribution in [0, 0.1) is 5.41 Å². The number of hydrogen-bond acceptors (Lipinski definition) is 1. The fourth-order valence-corrected chi connectivity index (χ4v) is 0.994. The van der Waals surface area contributed by atoms with Gasteiger partial charge in [0.1, 0.15) is 0 Å². The Balaban J connectivity index is 2.91. The molecule has 0 spiro atoms. The number of nitrogens with two attached hydrogens (primary N) is 1. The summed E-state index contributed by atoms with van der Waals surface area (Å²) in [5, 5.41) is 0. The highest BCUT2D eigenvalue weighted by atomic mass is 14.6. The monoisotopic (exact) mass is 135 g/mol. The summed E-state index contributed by atoms with van der Waals surface area (Å²) < 4.78 is 0. The highest BCUT2D eigenvalue weighted by Crippen LogP contribution is 2.31. The van der Waals surface area contributed by atoms with Crippen LogP contribution in [0.1, 0.15) is 13.3 Å². The minimum Gasteiger partial charge on any atom is -0.401 e. The highest BCUT2D eigenvalue weighted by molar-refractivity contribution is 5.27. The largest absolute Gasteiger partial charge is 0.401 e. The molecular formula is C9H13N. The predicted octanol–water partition coefficient (Wildman–Crippen LogP) is 1.98. The van der Waals surface area contributed by atoms with Crippen LogP contribution in [0.2, 0.25) is 0 Å². The molecule has 1 rings (SSSR count). The van der Waals surface area contributed by atoms with Crippen molar-refractivity contribution in [3.63, 3.8) is 0 Å². The maximum atomic E-state index is 5.76. The standard InChI is InChI=1S/C9H13N/c1-3-9(2)7-5-4-6-8(9)10/h3-6H,1,7,10H2,2H3. The lowest BCUT2D eigenvalue weighted by Gasteiger charge is -2.26. The summed E-state index contributed by atoms with van der Waals surface area (Å²) in [7, 11) is 0. The van der Waals surface area contributed by atoms with Gasteiger partial charge < -0.3 is 5.73 Å². The molecule has 0 aromatic carbocycles. The van der Waals surface area contributed by atoms with Gasteiger partial charge in [0.15, 0.2) is 0 Å². The van der Waals surface area contributed by atoms with E-state index in [2.05, 4.69) is 19.6 Å². The molecule has 1 nitrogen and oxygen atoms in total. The van der Waals surface area contributed by atoms with E-state index in [9.17, 15) is 0 Å². The first-order chi connectivity index (χ1) is 4.69. The molecule has 1 aliphatic rings. The Hall–Kier alpha value is -0.980. The zero-order valence-corrected chi connectivity index (χ0v) is 6.30. The molecule has 1 heteroatoms. The van der Waals surface area contributed by atoms with E-state index in [4.69, 9.17) is 5.73 Å². The van der Waals surface area contributed by atoms with Gasteiger partial charge in [0, 0.05) is 11.1 Å². The molecule has 0 amide bonds. The van der Waals surface area contributed by atoms with Gasteiger partial charge in [0.25, 0.3) is 0 Å². The van der Waals surface area contributed by atoms with Crippen LogP contribution in [-0.2, 0) is 0 Å². The average Bonchev–Trinajstić information content (AvgIpc) is 1.96. The second-order valence-corrected chi connectivity index (χ2v) is 2.88. The van der Waals surface area contributed by atoms with Crippen LogP contribution < -0.4 is 5.73 Å².